The molecule has 1 saturated carbocycles. The number of benzene rings is 1. The molecule has 0 unspecified atom stereocenters. The molecule has 0 heterocycles. The van der Waals surface area contributed by atoms with E-state index < -0.39 is 12.0 Å². The lowest BCUT2D eigenvalue weighted by atomic mass is 9.77. The third kappa shape index (κ3) is 2.49. The smallest absolute Gasteiger partial charge is 0.264 e. The van der Waals surface area contributed by atoms with Crippen molar-refractivity contribution in [2.45, 2.75) is 51.0 Å². The predicted molar refractivity (Wildman–Crippen MR) is 65.1 cm³/mol. The maximum atomic E-state index is 12.9. The molecule has 1 nitrogen and oxygen atoms in total. The quantitative estimate of drug-likeness (QED) is 0.827. The Labute approximate surface area is 101 Å². The number of nitrogens with two attached hydrogens (primary N) is 1. The second-order valence-corrected chi connectivity index (χ2v) is 5.09. The highest BCUT2D eigenvalue weighted by molar-refractivity contribution is 5.36. The molecule has 0 atom stereocenters. The van der Waals surface area contributed by atoms with Gasteiger partial charge in [0.2, 0.25) is 0 Å². The lowest BCUT2D eigenvalue weighted by molar-refractivity contribution is 0.150. The molecule has 1 fully saturated rings. The summed E-state index contributed by atoms with van der Waals surface area (Å²) in [7, 11) is 0. The number of halogens is 2. The number of alkyl halides is 2. The van der Waals surface area contributed by atoms with Crippen LogP contribution in [0.4, 0.5) is 8.78 Å². The van der Waals surface area contributed by atoms with E-state index in [-0.39, 0.29) is 5.56 Å². The molecular weight excluding hydrogens is 220 g/mol. The van der Waals surface area contributed by atoms with Gasteiger partial charge in [-0.15, -0.1) is 0 Å². The van der Waals surface area contributed by atoms with Crippen LogP contribution >= 0.6 is 0 Å². The molecule has 94 valence electrons. The van der Waals surface area contributed by atoms with Crippen molar-refractivity contribution >= 4 is 0 Å². The maximum Gasteiger partial charge on any atom is 0.264 e. The standard InChI is InChI=1S/C14H19F2N/c1-10-5-6-11(9-12(10)13(15)16)14(17)7-3-2-4-8-14/h5-6,9,13H,2-4,7-8,17H2,1H3. The third-order valence-electron chi connectivity index (χ3n) is 3.84. The lowest BCUT2D eigenvalue weighted by Crippen LogP contribution is -2.38. The van der Waals surface area contributed by atoms with E-state index in [0.717, 1.165) is 31.2 Å². The van der Waals surface area contributed by atoms with Gasteiger partial charge in [-0.05, 0) is 37.0 Å². The van der Waals surface area contributed by atoms with E-state index >= 15 is 0 Å². The third-order valence-corrected chi connectivity index (χ3v) is 3.84. The molecule has 17 heavy (non-hydrogen) atoms. The Balaban J connectivity index is 2.35. The molecule has 3 heteroatoms. The minimum Gasteiger partial charge on any atom is -0.321 e. The summed E-state index contributed by atoms with van der Waals surface area (Å²) < 4.78 is 25.7. The fourth-order valence-electron chi connectivity index (χ4n) is 2.66. The Bertz CT molecular complexity index is 395. The van der Waals surface area contributed by atoms with Gasteiger partial charge in [0.25, 0.3) is 6.43 Å². The van der Waals surface area contributed by atoms with Crippen molar-refractivity contribution in [2.75, 3.05) is 0 Å². The maximum absolute atomic E-state index is 12.9. The van der Waals surface area contributed by atoms with E-state index in [9.17, 15) is 8.78 Å². The van der Waals surface area contributed by atoms with Crippen LogP contribution in [0.25, 0.3) is 0 Å². The van der Waals surface area contributed by atoms with Crippen LogP contribution < -0.4 is 5.73 Å². The van der Waals surface area contributed by atoms with Crippen molar-refractivity contribution < 1.29 is 8.78 Å². The number of hydrogen-bond donors (Lipinski definition) is 1. The Morgan fingerprint density at radius 3 is 2.41 bits per heavy atom. The van der Waals surface area contributed by atoms with Gasteiger partial charge in [0.05, 0.1) is 0 Å². The van der Waals surface area contributed by atoms with Gasteiger partial charge >= 0.3 is 0 Å². The number of aryl methyl sites for hydroxylation is 1. The van der Waals surface area contributed by atoms with Gasteiger partial charge in [-0.2, -0.15) is 0 Å². The van der Waals surface area contributed by atoms with Crippen LogP contribution in [0, 0.1) is 6.92 Å². The first kappa shape index (κ1) is 12.5. The second-order valence-electron chi connectivity index (χ2n) is 5.09. The zero-order valence-electron chi connectivity index (χ0n) is 10.2. The molecule has 0 spiro atoms. The second kappa shape index (κ2) is 4.73. The van der Waals surface area contributed by atoms with Crippen LogP contribution in [0.15, 0.2) is 18.2 Å². The van der Waals surface area contributed by atoms with E-state index in [1.165, 1.54) is 6.42 Å². The summed E-state index contributed by atoms with van der Waals surface area (Å²) in [5.74, 6) is 0. The summed E-state index contributed by atoms with van der Waals surface area (Å²) in [4.78, 5) is 0. The molecule has 1 aromatic carbocycles. The molecule has 1 aliphatic rings. The molecule has 0 aliphatic heterocycles. The van der Waals surface area contributed by atoms with Crippen molar-refractivity contribution in [1.29, 1.82) is 0 Å². The molecule has 0 radical (unpaired) electrons. The van der Waals surface area contributed by atoms with E-state index in [1.807, 2.05) is 6.07 Å². The molecule has 1 aliphatic carbocycles. The summed E-state index contributed by atoms with van der Waals surface area (Å²) in [5.41, 5.74) is 7.60. The highest BCUT2D eigenvalue weighted by Gasteiger charge is 2.30. The van der Waals surface area contributed by atoms with Gasteiger partial charge < -0.3 is 5.73 Å². The highest BCUT2D eigenvalue weighted by Crippen LogP contribution is 2.36. The van der Waals surface area contributed by atoms with Crippen LogP contribution in [-0.2, 0) is 5.54 Å². The Morgan fingerprint density at radius 2 is 1.82 bits per heavy atom. The SMILES string of the molecule is Cc1ccc(C2(N)CCCCC2)cc1C(F)F. The minimum absolute atomic E-state index is 0.123. The predicted octanol–water partition coefficient (Wildman–Crippen LogP) is 4.05. The first-order chi connectivity index (χ1) is 8.03. The molecule has 1 aromatic rings. The fourth-order valence-corrected chi connectivity index (χ4v) is 2.66. The molecule has 2 rings (SSSR count). The van der Waals surface area contributed by atoms with Gasteiger partial charge in [-0.1, -0.05) is 31.4 Å². The first-order valence-corrected chi connectivity index (χ1v) is 6.21. The molecule has 0 saturated heterocycles. The van der Waals surface area contributed by atoms with E-state index in [1.54, 1.807) is 19.1 Å². The van der Waals surface area contributed by atoms with Crippen LogP contribution in [0.2, 0.25) is 0 Å². The topological polar surface area (TPSA) is 26.0 Å². The van der Waals surface area contributed by atoms with Crippen LogP contribution in [0.1, 0.15) is 55.2 Å². The van der Waals surface area contributed by atoms with Crippen molar-refractivity contribution in [3.8, 4) is 0 Å². The Hall–Kier alpha value is -0.960. The number of rotatable bonds is 2. The normalized spacial score (nSPS) is 19.6. The van der Waals surface area contributed by atoms with Gasteiger partial charge in [0.15, 0.2) is 0 Å². The average Bonchev–Trinajstić information content (AvgIpc) is 2.30. The van der Waals surface area contributed by atoms with Gasteiger partial charge in [0, 0.05) is 11.1 Å². The van der Waals surface area contributed by atoms with Gasteiger partial charge in [0.1, 0.15) is 0 Å². The zero-order valence-corrected chi connectivity index (χ0v) is 10.2. The van der Waals surface area contributed by atoms with Crippen LogP contribution in [-0.4, -0.2) is 0 Å². The first-order valence-electron chi connectivity index (χ1n) is 6.21. The van der Waals surface area contributed by atoms with Crippen LogP contribution in [0.5, 0.6) is 0 Å². The molecule has 0 amide bonds. The van der Waals surface area contributed by atoms with Crippen molar-refractivity contribution in [1.82, 2.24) is 0 Å². The zero-order chi connectivity index (χ0) is 12.5. The Morgan fingerprint density at radius 1 is 1.18 bits per heavy atom. The summed E-state index contributed by atoms with van der Waals surface area (Å²) in [6.07, 6.45) is 2.77. The summed E-state index contributed by atoms with van der Waals surface area (Å²) in [5, 5.41) is 0. The Kier molecular flexibility index (Phi) is 3.48. The lowest BCUT2D eigenvalue weighted by Gasteiger charge is -2.34. The highest BCUT2D eigenvalue weighted by atomic mass is 19.3. The van der Waals surface area contributed by atoms with E-state index in [0.29, 0.717) is 5.56 Å². The summed E-state index contributed by atoms with van der Waals surface area (Å²) in [6.45, 7) is 1.72. The van der Waals surface area contributed by atoms with E-state index in [2.05, 4.69) is 0 Å². The monoisotopic (exact) mass is 239 g/mol. The average molecular weight is 239 g/mol. The summed E-state index contributed by atoms with van der Waals surface area (Å²) in [6, 6.07) is 5.28. The van der Waals surface area contributed by atoms with Gasteiger partial charge in [-0.3, -0.25) is 0 Å². The van der Waals surface area contributed by atoms with Crippen molar-refractivity contribution in [3.05, 3.63) is 34.9 Å². The molecule has 0 aromatic heterocycles. The minimum atomic E-state index is -2.41. The van der Waals surface area contributed by atoms with Crippen molar-refractivity contribution in [2.24, 2.45) is 5.73 Å². The summed E-state index contributed by atoms with van der Waals surface area (Å²) >= 11 is 0. The van der Waals surface area contributed by atoms with Gasteiger partial charge in [-0.25, -0.2) is 8.78 Å². The largest absolute Gasteiger partial charge is 0.321 e. The molecular formula is C14H19F2N. The number of hydrogen-bond acceptors (Lipinski definition) is 1. The molecule has 0 bridgehead atoms. The van der Waals surface area contributed by atoms with Crippen molar-refractivity contribution in [3.63, 3.8) is 0 Å². The fraction of sp³-hybridized carbons (Fsp3) is 0.571. The molecule has 2 N–H and O–H groups in total. The van der Waals surface area contributed by atoms with E-state index in [4.69, 9.17) is 5.73 Å². The van der Waals surface area contributed by atoms with Crippen LogP contribution in [0.3, 0.4) is 0 Å².